The second-order valence-electron chi connectivity index (χ2n) is 5.69. The van der Waals surface area contributed by atoms with Gasteiger partial charge in [-0.3, -0.25) is 9.69 Å². The molecule has 0 aromatic heterocycles. The van der Waals surface area contributed by atoms with Crippen LogP contribution in [0.5, 0.6) is 0 Å². The van der Waals surface area contributed by atoms with Crippen LogP contribution >= 0.6 is 0 Å². The van der Waals surface area contributed by atoms with E-state index in [9.17, 15) is 9.90 Å². The molecule has 1 aliphatic rings. The van der Waals surface area contributed by atoms with Crippen molar-refractivity contribution in [2.24, 2.45) is 5.92 Å². The van der Waals surface area contributed by atoms with Gasteiger partial charge in [0.15, 0.2) is 0 Å². The van der Waals surface area contributed by atoms with E-state index >= 15 is 0 Å². The van der Waals surface area contributed by atoms with E-state index in [1.165, 1.54) is 5.56 Å². The van der Waals surface area contributed by atoms with Crippen molar-refractivity contribution >= 4 is 5.97 Å². The van der Waals surface area contributed by atoms with Crippen LogP contribution in [0.15, 0.2) is 30.3 Å². The Morgan fingerprint density at radius 2 is 1.95 bits per heavy atom. The molecule has 104 valence electrons. The maximum atomic E-state index is 11.5. The van der Waals surface area contributed by atoms with Crippen molar-refractivity contribution in [3.63, 3.8) is 0 Å². The van der Waals surface area contributed by atoms with Gasteiger partial charge >= 0.3 is 5.97 Å². The van der Waals surface area contributed by atoms with Crippen molar-refractivity contribution in [1.82, 2.24) is 4.90 Å². The van der Waals surface area contributed by atoms with E-state index in [1.54, 1.807) is 0 Å². The molecule has 0 amide bonds. The van der Waals surface area contributed by atoms with Crippen molar-refractivity contribution in [2.75, 3.05) is 6.54 Å². The third-order valence-electron chi connectivity index (χ3n) is 3.96. The molecule has 1 saturated heterocycles. The van der Waals surface area contributed by atoms with Crippen molar-refractivity contribution in [3.05, 3.63) is 35.9 Å². The van der Waals surface area contributed by atoms with Crippen molar-refractivity contribution < 1.29 is 9.90 Å². The van der Waals surface area contributed by atoms with Crippen LogP contribution in [0.3, 0.4) is 0 Å². The summed E-state index contributed by atoms with van der Waals surface area (Å²) in [6, 6.07) is 10.2. The lowest BCUT2D eigenvalue weighted by Crippen LogP contribution is -2.47. The Kier molecular flexibility index (Phi) is 4.59. The molecule has 1 N–H and O–H groups in total. The minimum absolute atomic E-state index is 0.197. The Morgan fingerprint density at radius 1 is 1.26 bits per heavy atom. The molecule has 1 fully saturated rings. The van der Waals surface area contributed by atoms with Gasteiger partial charge in [-0.15, -0.1) is 0 Å². The van der Waals surface area contributed by atoms with Gasteiger partial charge in [0, 0.05) is 6.04 Å². The first-order valence-electron chi connectivity index (χ1n) is 7.14. The fraction of sp³-hybridized carbons (Fsp3) is 0.562. The van der Waals surface area contributed by atoms with Crippen molar-refractivity contribution in [1.29, 1.82) is 0 Å². The van der Waals surface area contributed by atoms with Crippen LogP contribution in [0.25, 0.3) is 0 Å². The number of likely N-dealkylation sites (tertiary alicyclic amines) is 1. The summed E-state index contributed by atoms with van der Waals surface area (Å²) in [6.45, 7) is 5.23. The number of piperidine rings is 1. The quantitative estimate of drug-likeness (QED) is 0.904. The highest BCUT2D eigenvalue weighted by Gasteiger charge is 2.35. The van der Waals surface area contributed by atoms with Gasteiger partial charge in [-0.05, 0) is 30.9 Å². The topological polar surface area (TPSA) is 40.5 Å². The number of nitrogens with zero attached hydrogens (tertiary/aromatic N) is 1. The van der Waals surface area contributed by atoms with Crippen LogP contribution in [0.4, 0.5) is 0 Å². The molecule has 0 saturated carbocycles. The van der Waals surface area contributed by atoms with Crippen LogP contribution in [0, 0.1) is 5.92 Å². The van der Waals surface area contributed by atoms with Crippen molar-refractivity contribution in [2.45, 2.75) is 45.2 Å². The summed E-state index contributed by atoms with van der Waals surface area (Å²) in [4.78, 5) is 13.7. The second kappa shape index (κ2) is 6.20. The SMILES string of the molecule is CC(C)C(c1ccccc1)N1CCCCC1C(=O)O. The molecule has 2 unspecified atom stereocenters. The molecule has 1 aromatic rings. The van der Waals surface area contributed by atoms with Crippen LogP contribution in [-0.4, -0.2) is 28.6 Å². The standard InChI is InChI=1S/C16H23NO2/c1-12(2)15(13-8-4-3-5-9-13)17-11-7-6-10-14(17)16(18)19/h3-5,8-9,12,14-15H,6-7,10-11H2,1-2H3,(H,18,19). The number of aliphatic carboxylic acids is 1. The Bertz CT molecular complexity index is 416. The van der Waals surface area contributed by atoms with Crippen LogP contribution in [0.1, 0.15) is 44.7 Å². The van der Waals surface area contributed by atoms with E-state index in [4.69, 9.17) is 0 Å². The molecule has 0 aliphatic carbocycles. The molecule has 1 heterocycles. The molecule has 0 radical (unpaired) electrons. The van der Waals surface area contributed by atoms with E-state index in [2.05, 4.69) is 30.9 Å². The highest BCUT2D eigenvalue weighted by atomic mass is 16.4. The summed E-state index contributed by atoms with van der Waals surface area (Å²) in [5.41, 5.74) is 1.23. The molecule has 1 aliphatic heterocycles. The van der Waals surface area contributed by atoms with Gasteiger partial charge in [-0.25, -0.2) is 0 Å². The molecule has 0 spiro atoms. The summed E-state index contributed by atoms with van der Waals surface area (Å²) in [7, 11) is 0. The summed E-state index contributed by atoms with van der Waals surface area (Å²) >= 11 is 0. The van der Waals surface area contributed by atoms with E-state index in [0.29, 0.717) is 5.92 Å². The summed E-state index contributed by atoms with van der Waals surface area (Å²) < 4.78 is 0. The Labute approximate surface area is 115 Å². The molecular formula is C16H23NO2. The molecule has 2 atom stereocenters. The number of carbonyl (C=O) groups is 1. The zero-order valence-corrected chi connectivity index (χ0v) is 11.7. The number of carboxylic acid groups (broad SMARTS) is 1. The second-order valence-corrected chi connectivity index (χ2v) is 5.69. The number of rotatable bonds is 4. The highest BCUT2D eigenvalue weighted by molar-refractivity contribution is 5.73. The zero-order valence-electron chi connectivity index (χ0n) is 11.7. The van der Waals surface area contributed by atoms with Gasteiger partial charge in [0.05, 0.1) is 0 Å². The number of hydrogen-bond acceptors (Lipinski definition) is 2. The lowest BCUT2D eigenvalue weighted by atomic mass is 9.90. The van der Waals surface area contributed by atoms with E-state index < -0.39 is 5.97 Å². The van der Waals surface area contributed by atoms with Gasteiger partial charge in [0.1, 0.15) is 6.04 Å². The minimum Gasteiger partial charge on any atom is -0.480 e. The van der Waals surface area contributed by atoms with Gasteiger partial charge in [-0.1, -0.05) is 50.6 Å². The average Bonchev–Trinajstić information content (AvgIpc) is 2.40. The van der Waals surface area contributed by atoms with Gasteiger partial charge in [0.25, 0.3) is 0 Å². The Balaban J connectivity index is 2.30. The fourth-order valence-corrected chi connectivity index (χ4v) is 3.16. The number of hydrogen-bond donors (Lipinski definition) is 1. The molecular weight excluding hydrogens is 238 g/mol. The summed E-state index contributed by atoms with van der Waals surface area (Å²) in [5.74, 6) is -0.274. The predicted octanol–water partition coefficient (Wildman–Crippen LogP) is 3.32. The van der Waals surface area contributed by atoms with Gasteiger partial charge < -0.3 is 5.11 Å². The minimum atomic E-state index is -0.679. The molecule has 0 bridgehead atoms. The predicted molar refractivity (Wildman–Crippen MR) is 76.0 cm³/mol. The first-order valence-corrected chi connectivity index (χ1v) is 7.14. The Hall–Kier alpha value is -1.35. The molecule has 19 heavy (non-hydrogen) atoms. The zero-order chi connectivity index (χ0) is 13.8. The lowest BCUT2D eigenvalue weighted by molar-refractivity contribution is -0.146. The largest absolute Gasteiger partial charge is 0.480 e. The Morgan fingerprint density at radius 3 is 2.53 bits per heavy atom. The summed E-state index contributed by atoms with van der Waals surface area (Å²) in [6.07, 6.45) is 2.89. The maximum Gasteiger partial charge on any atom is 0.320 e. The number of benzene rings is 1. The van der Waals surface area contributed by atoms with E-state index in [0.717, 1.165) is 25.8 Å². The molecule has 3 nitrogen and oxygen atoms in total. The average molecular weight is 261 g/mol. The smallest absolute Gasteiger partial charge is 0.320 e. The summed E-state index contributed by atoms with van der Waals surface area (Å²) in [5, 5.41) is 9.44. The van der Waals surface area contributed by atoms with Gasteiger partial charge in [0.2, 0.25) is 0 Å². The van der Waals surface area contributed by atoms with Crippen molar-refractivity contribution in [3.8, 4) is 0 Å². The monoisotopic (exact) mass is 261 g/mol. The number of carboxylic acids is 1. The van der Waals surface area contributed by atoms with Crippen LogP contribution in [0.2, 0.25) is 0 Å². The molecule has 1 aromatic carbocycles. The molecule has 2 rings (SSSR count). The van der Waals surface area contributed by atoms with E-state index in [1.807, 2.05) is 18.2 Å². The van der Waals surface area contributed by atoms with E-state index in [-0.39, 0.29) is 12.1 Å². The lowest BCUT2D eigenvalue weighted by Gasteiger charge is -2.41. The van der Waals surface area contributed by atoms with Crippen LogP contribution < -0.4 is 0 Å². The third-order valence-corrected chi connectivity index (χ3v) is 3.96. The first-order chi connectivity index (χ1) is 9.11. The third kappa shape index (κ3) is 3.16. The van der Waals surface area contributed by atoms with Gasteiger partial charge in [-0.2, -0.15) is 0 Å². The first kappa shape index (κ1) is 14.1. The fourth-order valence-electron chi connectivity index (χ4n) is 3.16. The highest BCUT2D eigenvalue weighted by Crippen LogP contribution is 2.33. The maximum absolute atomic E-state index is 11.5. The normalized spacial score (nSPS) is 22.4. The van der Waals surface area contributed by atoms with Crippen LogP contribution in [-0.2, 0) is 4.79 Å². The molecule has 3 heteroatoms.